The van der Waals surface area contributed by atoms with Crippen molar-refractivity contribution in [2.24, 2.45) is 0 Å². The fraction of sp³-hybridized carbons (Fsp3) is 0.914. The molecule has 6 N–H and O–H groups in total. The van der Waals surface area contributed by atoms with E-state index in [-0.39, 0.29) is 18.5 Å². The van der Waals surface area contributed by atoms with E-state index < -0.39 is 49.5 Å². The van der Waals surface area contributed by atoms with Crippen molar-refractivity contribution in [3.63, 3.8) is 0 Å². The maximum absolute atomic E-state index is 13.0. The lowest BCUT2D eigenvalue weighted by molar-refractivity contribution is -0.302. The van der Waals surface area contributed by atoms with Gasteiger partial charge in [-0.3, -0.25) is 9.59 Å². The van der Waals surface area contributed by atoms with E-state index in [4.69, 9.17) is 14.2 Å². The molecule has 11 heteroatoms. The molecule has 478 valence electrons. The van der Waals surface area contributed by atoms with E-state index in [1.54, 1.807) is 6.08 Å². The first-order chi connectivity index (χ1) is 39.7. The predicted molar refractivity (Wildman–Crippen MR) is 338 cm³/mol. The molecule has 1 fully saturated rings. The van der Waals surface area contributed by atoms with Crippen molar-refractivity contribution >= 4 is 11.9 Å². The second kappa shape index (κ2) is 59.9. The van der Waals surface area contributed by atoms with Gasteiger partial charge >= 0.3 is 5.97 Å². The van der Waals surface area contributed by atoms with Crippen LogP contribution in [0.5, 0.6) is 0 Å². The van der Waals surface area contributed by atoms with Crippen LogP contribution in [0, 0.1) is 0 Å². The minimum atomic E-state index is -1.57. The number of hydrogen-bond acceptors (Lipinski definition) is 10. The Morgan fingerprint density at radius 2 is 0.790 bits per heavy atom. The van der Waals surface area contributed by atoms with Gasteiger partial charge in [-0.1, -0.05) is 301 Å². The number of ether oxygens (including phenoxy) is 3. The number of amides is 1. The molecule has 0 bridgehead atoms. The van der Waals surface area contributed by atoms with Crippen molar-refractivity contribution in [1.82, 2.24) is 5.32 Å². The summed E-state index contributed by atoms with van der Waals surface area (Å²) < 4.78 is 16.7. The number of carbonyl (C=O) groups is 2. The highest BCUT2D eigenvalue weighted by Crippen LogP contribution is 2.23. The lowest BCUT2D eigenvalue weighted by Gasteiger charge is -2.40. The zero-order valence-corrected chi connectivity index (χ0v) is 53.0. The largest absolute Gasteiger partial charge is 0.466 e. The van der Waals surface area contributed by atoms with Crippen LogP contribution < -0.4 is 5.32 Å². The van der Waals surface area contributed by atoms with Crippen LogP contribution in [0.1, 0.15) is 348 Å². The molecular weight excluding hydrogens is 1010 g/mol. The van der Waals surface area contributed by atoms with Gasteiger partial charge in [-0.25, -0.2) is 0 Å². The molecule has 7 unspecified atom stereocenters. The number of allylic oxidation sites excluding steroid dienone is 3. The van der Waals surface area contributed by atoms with E-state index in [0.717, 1.165) is 57.8 Å². The van der Waals surface area contributed by atoms with E-state index in [1.165, 1.54) is 263 Å². The fourth-order valence-electron chi connectivity index (χ4n) is 11.3. The van der Waals surface area contributed by atoms with Crippen molar-refractivity contribution in [2.75, 3.05) is 19.8 Å². The Hall–Kier alpha value is -1.86. The van der Waals surface area contributed by atoms with Crippen LogP contribution in [-0.4, -0.2) is 100 Å². The number of nitrogens with one attached hydrogen (secondary N) is 1. The average Bonchev–Trinajstić information content (AvgIpc) is 3.47. The van der Waals surface area contributed by atoms with Crippen molar-refractivity contribution in [2.45, 2.75) is 391 Å². The number of esters is 1. The molecule has 1 saturated heterocycles. The van der Waals surface area contributed by atoms with Crippen LogP contribution in [0.2, 0.25) is 0 Å². The predicted octanol–water partition coefficient (Wildman–Crippen LogP) is 17.6. The summed E-state index contributed by atoms with van der Waals surface area (Å²) in [7, 11) is 0. The molecule has 1 aliphatic heterocycles. The molecule has 1 aliphatic rings. The number of hydrogen-bond donors (Lipinski definition) is 6. The van der Waals surface area contributed by atoms with E-state index in [2.05, 4.69) is 31.3 Å². The van der Waals surface area contributed by atoms with Crippen LogP contribution in [0.15, 0.2) is 24.3 Å². The standard InChI is InChI=1S/C70H133NO10/c1-3-5-7-9-11-13-14-15-16-17-29-32-35-38-42-46-50-54-58-66(75)79-59-55-51-47-43-39-36-33-30-27-25-23-21-19-18-20-22-24-26-28-31-34-37-41-45-49-53-57-65(74)71-62(63(73)56-52-48-44-40-12-10-8-6-4-2)61-80-70-69(78)68(77)67(76)64(60-72)81-70/h16-17,52,56,62-64,67-70,72-73,76-78H,3-15,18-51,53-55,57-61H2,1-2H3,(H,71,74)/b17-16-,56-52+. The first kappa shape index (κ1) is 77.2. The van der Waals surface area contributed by atoms with Gasteiger partial charge in [0.15, 0.2) is 6.29 Å². The summed E-state index contributed by atoms with van der Waals surface area (Å²) in [5, 5.41) is 54.3. The summed E-state index contributed by atoms with van der Waals surface area (Å²) in [6.45, 7) is 4.34. The Kier molecular flexibility index (Phi) is 57.0. The third-order valence-electron chi connectivity index (χ3n) is 16.8. The normalized spacial score (nSPS) is 18.3. The number of carbonyl (C=O) groups excluding carboxylic acids is 2. The minimum Gasteiger partial charge on any atom is -0.466 e. The second-order valence-electron chi connectivity index (χ2n) is 24.6. The first-order valence-corrected chi connectivity index (χ1v) is 35.1. The molecule has 0 saturated carbocycles. The second-order valence-corrected chi connectivity index (χ2v) is 24.6. The molecule has 0 spiro atoms. The average molecular weight is 1150 g/mol. The molecule has 81 heavy (non-hydrogen) atoms. The zero-order chi connectivity index (χ0) is 58.7. The highest BCUT2D eigenvalue weighted by Gasteiger charge is 2.44. The van der Waals surface area contributed by atoms with Gasteiger partial charge in [0, 0.05) is 12.8 Å². The minimum absolute atomic E-state index is 0.00485. The lowest BCUT2D eigenvalue weighted by Crippen LogP contribution is -2.60. The van der Waals surface area contributed by atoms with Crippen LogP contribution in [0.4, 0.5) is 0 Å². The van der Waals surface area contributed by atoms with E-state index in [1.807, 2.05) is 6.08 Å². The van der Waals surface area contributed by atoms with Crippen molar-refractivity contribution < 1.29 is 49.3 Å². The fourth-order valence-corrected chi connectivity index (χ4v) is 11.3. The summed E-state index contributed by atoms with van der Waals surface area (Å²) in [5.74, 6) is -0.175. The van der Waals surface area contributed by atoms with Crippen molar-refractivity contribution in [3.05, 3.63) is 24.3 Å². The highest BCUT2D eigenvalue weighted by molar-refractivity contribution is 5.76. The lowest BCUT2D eigenvalue weighted by atomic mass is 9.99. The molecule has 7 atom stereocenters. The number of rotatable bonds is 62. The maximum atomic E-state index is 13.0. The number of unbranched alkanes of at least 4 members (excludes halogenated alkanes) is 46. The molecule has 1 heterocycles. The Bertz CT molecular complexity index is 1390. The van der Waals surface area contributed by atoms with E-state index in [9.17, 15) is 35.1 Å². The summed E-state index contributed by atoms with van der Waals surface area (Å²) in [5.41, 5.74) is 0. The summed E-state index contributed by atoms with van der Waals surface area (Å²) >= 11 is 0. The zero-order valence-electron chi connectivity index (χ0n) is 53.0. The van der Waals surface area contributed by atoms with Crippen LogP contribution in [0.25, 0.3) is 0 Å². The molecule has 0 aromatic heterocycles. The highest BCUT2D eigenvalue weighted by atomic mass is 16.7. The molecule has 11 nitrogen and oxygen atoms in total. The Balaban J connectivity index is 1.90. The van der Waals surface area contributed by atoms with Crippen LogP contribution >= 0.6 is 0 Å². The quantitative estimate of drug-likeness (QED) is 0.0195. The molecular formula is C70H133NO10. The van der Waals surface area contributed by atoms with Crippen molar-refractivity contribution in [3.8, 4) is 0 Å². The smallest absolute Gasteiger partial charge is 0.305 e. The van der Waals surface area contributed by atoms with Crippen LogP contribution in [0.3, 0.4) is 0 Å². The summed E-state index contributed by atoms with van der Waals surface area (Å²) in [6.07, 6.45) is 64.7. The molecule has 1 amide bonds. The topological polar surface area (TPSA) is 175 Å². The third-order valence-corrected chi connectivity index (χ3v) is 16.8. The molecule has 0 aromatic rings. The van der Waals surface area contributed by atoms with E-state index >= 15 is 0 Å². The Labute approximate surface area is 499 Å². The summed E-state index contributed by atoms with van der Waals surface area (Å²) in [4.78, 5) is 25.1. The first-order valence-electron chi connectivity index (χ1n) is 35.1. The maximum Gasteiger partial charge on any atom is 0.305 e. The Morgan fingerprint density at radius 3 is 1.19 bits per heavy atom. The SMILES string of the molecule is CCCCCCCCC/C=C\CCCCCCCCCC(=O)OCCCCCCCCCCCCCCCCCCCCCCCCCCCCC(=O)NC(COC1OC(CO)C(O)C(O)C1O)C(O)/C=C/CCCCCCCCC. The van der Waals surface area contributed by atoms with Gasteiger partial charge in [0.1, 0.15) is 24.4 Å². The molecule has 0 radical (unpaired) electrons. The third kappa shape index (κ3) is 49.0. The Morgan fingerprint density at radius 1 is 0.444 bits per heavy atom. The van der Waals surface area contributed by atoms with Gasteiger partial charge in [0.05, 0.1) is 32.0 Å². The number of aliphatic hydroxyl groups excluding tert-OH is 5. The van der Waals surface area contributed by atoms with Gasteiger partial charge in [-0.2, -0.15) is 0 Å². The van der Waals surface area contributed by atoms with Gasteiger partial charge in [0.25, 0.3) is 0 Å². The molecule has 0 aromatic carbocycles. The van der Waals surface area contributed by atoms with E-state index in [0.29, 0.717) is 19.4 Å². The monoisotopic (exact) mass is 1150 g/mol. The molecule has 1 rings (SSSR count). The molecule has 0 aliphatic carbocycles. The van der Waals surface area contributed by atoms with Crippen LogP contribution in [-0.2, 0) is 23.8 Å². The summed E-state index contributed by atoms with van der Waals surface area (Å²) in [6, 6.07) is -0.806. The van der Waals surface area contributed by atoms with Crippen molar-refractivity contribution in [1.29, 1.82) is 0 Å². The number of aliphatic hydroxyl groups is 5. The van der Waals surface area contributed by atoms with Gasteiger partial charge in [-0.05, 0) is 57.8 Å². The van der Waals surface area contributed by atoms with Gasteiger partial charge < -0.3 is 45.1 Å². The van der Waals surface area contributed by atoms with Gasteiger partial charge in [0.2, 0.25) is 5.91 Å². The van der Waals surface area contributed by atoms with Gasteiger partial charge in [-0.15, -0.1) is 0 Å².